The van der Waals surface area contributed by atoms with Gasteiger partial charge in [0.25, 0.3) is 0 Å². The number of amides is 1. The molecule has 0 aromatic heterocycles. The first-order valence-corrected chi connectivity index (χ1v) is 4.35. The quantitative estimate of drug-likeness (QED) is 0.566. The molecule has 64 valence electrons. The van der Waals surface area contributed by atoms with Crippen molar-refractivity contribution in [2.45, 2.75) is 26.2 Å². The second kappa shape index (κ2) is 4.34. The van der Waals surface area contributed by atoms with Gasteiger partial charge in [-0.05, 0) is 19.8 Å². The van der Waals surface area contributed by atoms with Gasteiger partial charge in [0.2, 0.25) is 6.41 Å². The van der Waals surface area contributed by atoms with E-state index >= 15 is 0 Å². The normalized spacial score (nSPS) is 19.7. The highest BCUT2D eigenvalue weighted by Gasteiger charge is 2.14. The Bertz CT molecular complexity index is 121. The average molecular weight is 156 g/mol. The lowest BCUT2D eigenvalue weighted by Gasteiger charge is -2.33. The summed E-state index contributed by atoms with van der Waals surface area (Å²) in [7, 11) is 0. The van der Waals surface area contributed by atoms with Crippen LogP contribution in [-0.4, -0.2) is 36.1 Å². The zero-order valence-electron chi connectivity index (χ0n) is 7.12. The van der Waals surface area contributed by atoms with E-state index in [1.807, 2.05) is 6.92 Å². The van der Waals surface area contributed by atoms with Crippen molar-refractivity contribution in [3.63, 3.8) is 0 Å². The molecule has 11 heavy (non-hydrogen) atoms. The van der Waals surface area contributed by atoms with Crippen LogP contribution in [0.25, 0.3) is 0 Å². The van der Waals surface area contributed by atoms with Gasteiger partial charge < -0.3 is 0 Å². The average Bonchev–Trinajstić information content (AvgIpc) is 2.09. The van der Waals surface area contributed by atoms with E-state index in [0.717, 1.165) is 26.0 Å². The van der Waals surface area contributed by atoms with Crippen molar-refractivity contribution in [1.29, 1.82) is 0 Å². The van der Waals surface area contributed by atoms with Crippen LogP contribution in [0.4, 0.5) is 0 Å². The molecule has 1 aliphatic rings. The number of hydrogen-bond donors (Lipinski definition) is 0. The van der Waals surface area contributed by atoms with Gasteiger partial charge in [0.1, 0.15) is 0 Å². The van der Waals surface area contributed by atoms with E-state index in [1.165, 1.54) is 19.3 Å². The third kappa shape index (κ3) is 2.19. The highest BCUT2D eigenvalue weighted by atomic mass is 16.1. The lowest BCUT2D eigenvalue weighted by Crippen LogP contribution is -2.44. The smallest absolute Gasteiger partial charge is 0.224 e. The van der Waals surface area contributed by atoms with Crippen LogP contribution in [0.3, 0.4) is 0 Å². The van der Waals surface area contributed by atoms with E-state index in [4.69, 9.17) is 0 Å². The van der Waals surface area contributed by atoms with Gasteiger partial charge in [-0.3, -0.25) is 9.80 Å². The van der Waals surface area contributed by atoms with Gasteiger partial charge in [0.15, 0.2) is 0 Å². The van der Waals surface area contributed by atoms with Crippen molar-refractivity contribution in [3.8, 4) is 0 Å². The molecule has 1 fully saturated rings. The van der Waals surface area contributed by atoms with Crippen LogP contribution in [0.5, 0.6) is 0 Å². The fraction of sp³-hybridized carbons (Fsp3) is 0.875. The SMILES string of the molecule is CCN(C=O)N1CCCCC1. The number of hydrogen-bond acceptors (Lipinski definition) is 2. The fourth-order valence-corrected chi connectivity index (χ4v) is 1.48. The molecule has 0 N–H and O–H groups in total. The van der Waals surface area contributed by atoms with E-state index < -0.39 is 0 Å². The number of hydrazine groups is 1. The lowest BCUT2D eigenvalue weighted by atomic mass is 10.2. The summed E-state index contributed by atoms with van der Waals surface area (Å²) in [6, 6.07) is 0. The highest BCUT2D eigenvalue weighted by Crippen LogP contribution is 2.09. The number of piperidine rings is 1. The van der Waals surface area contributed by atoms with Crippen LogP contribution in [0, 0.1) is 0 Å². The molecule has 0 spiro atoms. The molecule has 1 heterocycles. The van der Waals surface area contributed by atoms with Gasteiger partial charge in [0.05, 0.1) is 0 Å². The van der Waals surface area contributed by atoms with Crippen LogP contribution in [-0.2, 0) is 4.79 Å². The number of carbonyl (C=O) groups is 1. The molecule has 1 rings (SSSR count). The molecular weight excluding hydrogens is 140 g/mol. The Kier molecular flexibility index (Phi) is 3.36. The highest BCUT2D eigenvalue weighted by molar-refractivity contribution is 5.45. The van der Waals surface area contributed by atoms with Crippen molar-refractivity contribution in [3.05, 3.63) is 0 Å². The summed E-state index contributed by atoms with van der Waals surface area (Å²) in [5.74, 6) is 0. The maximum atomic E-state index is 10.5. The predicted molar refractivity (Wildman–Crippen MR) is 43.9 cm³/mol. The van der Waals surface area contributed by atoms with E-state index in [2.05, 4.69) is 5.01 Å². The minimum atomic E-state index is 0.795. The van der Waals surface area contributed by atoms with Crippen LogP contribution < -0.4 is 0 Å². The van der Waals surface area contributed by atoms with Crippen LogP contribution >= 0.6 is 0 Å². The maximum Gasteiger partial charge on any atom is 0.224 e. The summed E-state index contributed by atoms with van der Waals surface area (Å²) in [6.07, 6.45) is 4.69. The van der Waals surface area contributed by atoms with Crippen molar-refractivity contribution in [2.75, 3.05) is 19.6 Å². The van der Waals surface area contributed by atoms with E-state index in [1.54, 1.807) is 5.01 Å². The fourth-order valence-electron chi connectivity index (χ4n) is 1.48. The molecule has 0 saturated carbocycles. The molecule has 0 aromatic rings. The second-order valence-electron chi connectivity index (χ2n) is 2.88. The number of carbonyl (C=O) groups excluding carboxylic acids is 1. The van der Waals surface area contributed by atoms with Crippen molar-refractivity contribution in [1.82, 2.24) is 10.0 Å². The molecule has 0 radical (unpaired) electrons. The van der Waals surface area contributed by atoms with Gasteiger partial charge in [-0.2, -0.15) is 0 Å². The Labute approximate surface area is 67.9 Å². The number of nitrogens with zero attached hydrogens (tertiary/aromatic N) is 2. The Morgan fingerprint density at radius 3 is 2.45 bits per heavy atom. The number of rotatable bonds is 3. The summed E-state index contributed by atoms with van der Waals surface area (Å²) >= 11 is 0. The maximum absolute atomic E-state index is 10.5. The molecule has 3 nitrogen and oxygen atoms in total. The summed E-state index contributed by atoms with van der Waals surface area (Å²) < 4.78 is 0. The van der Waals surface area contributed by atoms with Crippen LogP contribution in [0.2, 0.25) is 0 Å². The molecule has 0 atom stereocenters. The lowest BCUT2D eigenvalue weighted by molar-refractivity contribution is -0.135. The third-order valence-electron chi connectivity index (χ3n) is 2.14. The summed E-state index contributed by atoms with van der Waals surface area (Å²) in [5.41, 5.74) is 0. The molecule has 0 bridgehead atoms. The van der Waals surface area contributed by atoms with E-state index in [9.17, 15) is 4.79 Å². The van der Waals surface area contributed by atoms with Crippen molar-refractivity contribution >= 4 is 6.41 Å². The molecule has 1 aliphatic heterocycles. The molecular formula is C8H16N2O. The summed E-state index contributed by atoms with van der Waals surface area (Å²) in [4.78, 5) is 10.5. The van der Waals surface area contributed by atoms with Gasteiger partial charge >= 0.3 is 0 Å². The third-order valence-corrected chi connectivity index (χ3v) is 2.14. The molecule has 0 aromatic carbocycles. The first-order chi connectivity index (χ1) is 5.38. The van der Waals surface area contributed by atoms with E-state index in [-0.39, 0.29) is 0 Å². The minimum absolute atomic E-state index is 0.795. The van der Waals surface area contributed by atoms with Crippen molar-refractivity contribution in [2.24, 2.45) is 0 Å². The first kappa shape index (κ1) is 8.53. The zero-order chi connectivity index (χ0) is 8.10. The van der Waals surface area contributed by atoms with Gasteiger partial charge in [0, 0.05) is 19.6 Å². The molecule has 0 unspecified atom stereocenters. The Balaban J connectivity index is 2.35. The van der Waals surface area contributed by atoms with Gasteiger partial charge in [-0.15, -0.1) is 0 Å². The molecule has 3 heteroatoms. The Morgan fingerprint density at radius 1 is 1.36 bits per heavy atom. The second-order valence-corrected chi connectivity index (χ2v) is 2.88. The largest absolute Gasteiger partial charge is 0.278 e. The monoisotopic (exact) mass is 156 g/mol. The first-order valence-electron chi connectivity index (χ1n) is 4.35. The molecule has 0 aliphatic carbocycles. The topological polar surface area (TPSA) is 23.6 Å². The summed E-state index contributed by atoms with van der Waals surface area (Å²) in [6.45, 7) is 4.89. The molecule has 1 saturated heterocycles. The van der Waals surface area contributed by atoms with E-state index in [0.29, 0.717) is 0 Å². The van der Waals surface area contributed by atoms with Crippen LogP contribution in [0.1, 0.15) is 26.2 Å². The Morgan fingerprint density at radius 2 is 2.00 bits per heavy atom. The van der Waals surface area contributed by atoms with Crippen molar-refractivity contribution < 1.29 is 4.79 Å². The van der Waals surface area contributed by atoms with Gasteiger partial charge in [-0.25, -0.2) is 5.01 Å². The predicted octanol–water partition coefficient (Wildman–Crippen LogP) is 0.866. The standard InChI is InChI=1S/C8H16N2O/c1-2-9(8-11)10-6-4-3-5-7-10/h8H,2-7H2,1H3. The van der Waals surface area contributed by atoms with Gasteiger partial charge in [-0.1, -0.05) is 6.42 Å². The zero-order valence-corrected chi connectivity index (χ0v) is 7.12. The summed E-state index contributed by atoms with van der Waals surface area (Å²) in [5, 5.41) is 3.90. The Hall–Kier alpha value is -0.570. The van der Waals surface area contributed by atoms with Crippen LogP contribution in [0.15, 0.2) is 0 Å². The molecule has 1 amide bonds. The minimum Gasteiger partial charge on any atom is -0.278 e.